The molecule has 2 unspecified atom stereocenters. The molecule has 0 spiro atoms. The number of hydrogen-bond acceptors (Lipinski definition) is 4. The van der Waals surface area contributed by atoms with Crippen LogP contribution in [0.1, 0.15) is 33.0 Å². The van der Waals surface area contributed by atoms with Crippen molar-refractivity contribution in [1.29, 1.82) is 0 Å². The standard InChI is InChI=1S/C14H24N2O3S/c1-10(2)7-15-9-13-4-5-14(19-13)20(17,18)16-8-12-6-11(12)3/h4-5,10-12,15-16H,6-9H2,1-3H3. The highest BCUT2D eigenvalue weighted by atomic mass is 32.2. The highest BCUT2D eigenvalue weighted by Gasteiger charge is 2.33. The van der Waals surface area contributed by atoms with Crippen molar-refractivity contribution in [2.24, 2.45) is 17.8 Å². The van der Waals surface area contributed by atoms with Crippen LogP contribution in [-0.2, 0) is 16.6 Å². The normalized spacial score (nSPS) is 22.4. The number of nitrogens with one attached hydrogen (secondary N) is 2. The molecule has 0 saturated heterocycles. The molecular formula is C14H24N2O3S. The molecule has 2 atom stereocenters. The average Bonchev–Trinajstić information content (AvgIpc) is 2.87. The van der Waals surface area contributed by atoms with Crippen molar-refractivity contribution >= 4 is 10.0 Å². The molecule has 2 rings (SSSR count). The molecule has 0 aliphatic heterocycles. The largest absolute Gasteiger partial charge is 0.447 e. The molecular weight excluding hydrogens is 276 g/mol. The van der Waals surface area contributed by atoms with Crippen LogP contribution in [0.5, 0.6) is 0 Å². The van der Waals surface area contributed by atoms with Gasteiger partial charge in [-0.25, -0.2) is 13.1 Å². The molecule has 114 valence electrons. The van der Waals surface area contributed by atoms with Gasteiger partial charge in [-0.05, 0) is 42.9 Å². The van der Waals surface area contributed by atoms with Gasteiger partial charge < -0.3 is 9.73 Å². The third-order valence-corrected chi connectivity index (χ3v) is 4.86. The van der Waals surface area contributed by atoms with Crippen molar-refractivity contribution in [2.75, 3.05) is 13.1 Å². The zero-order valence-corrected chi connectivity index (χ0v) is 13.2. The third-order valence-electron chi connectivity index (χ3n) is 3.57. The zero-order chi connectivity index (χ0) is 14.8. The van der Waals surface area contributed by atoms with E-state index >= 15 is 0 Å². The summed E-state index contributed by atoms with van der Waals surface area (Å²) < 4.78 is 32.1. The maximum Gasteiger partial charge on any atom is 0.273 e. The van der Waals surface area contributed by atoms with Crippen molar-refractivity contribution in [3.05, 3.63) is 17.9 Å². The summed E-state index contributed by atoms with van der Waals surface area (Å²) in [7, 11) is -3.50. The smallest absolute Gasteiger partial charge is 0.273 e. The predicted octanol–water partition coefficient (Wildman–Crippen LogP) is 1.96. The lowest BCUT2D eigenvalue weighted by atomic mass is 10.2. The van der Waals surface area contributed by atoms with Crippen LogP contribution in [0.25, 0.3) is 0 Å². The fourth-order valence-electron chi connectivity index (χ4n) is 2.05. The second-order valence-electron chi connectivity index (χ2n) is 6.07. The first-order chi connectivity index (χ1) is 9.38. The van der Waals surface area contributed by atoms with Crippen LogP contribution in [0.15, 0.2) is 21.6 Å². The van der Waals surface area contributed by atoms with Gasteiger partial charge in [-0.3, -0.25) is 0 Å². The predicted molar refractivity (Wildman–Crippen MR) is 77.7 cm³/mol. The van der Waals surface area contributed by atoms with E-state index < -0.39 is 10.0 Å². The first-order valence-corrected chi connectivity index (χ1v) is 8.66. The van der Waals surface area contributed by atoms with Crippen LogP contribution >= 0.6 is 0 Å². The first kappa shape index (κ1) is 15.5. The summed E-state index contributed by atoms with van der Waals surface area (Å²) in [5.41, 5.74) is 0. The lowest BCUT2D eigenvalue weighted by molar-refractivity contribution is 0.394. The molecule has 1 aromatic heterocycles. The van der Waals surface area contributed by atoms with E-state index in [1.54, 1.807) is 6.07 Å². The maximum absolute atomic E-state index is 12.0. The van der Waals surface area contributed by atoms with Crippen LogP contribution in [0.2, 0.25) is 0 Å². The van der Waals surface area contributed by atoms with E-state index in [4.69, 9.17) is 4.42 Å². The van der Waals surface area contributed by atoms with Crippen LogP contribution < -0.4 is 10.0 Å². The van der Waals surface area contributed by atoms with Gasteiger partial charge in [-0.2, -0.15) is 0 Å². The molecule has 1 fully saturated rings. The van der Waals surface area contributed by atoms with Gasteiger partial charge in [0.25, 0.3) is 10.0 Å². The quantitative estimate of drug-likeness (QED) is 0.770. The van der Waals surface area contributed by atoms with Gasteiger partial charge in [-0.15, -0.1) is 0 Å². The SMILES string of the molecule is CC(C)CNCc1ccc(S(=O)(=O)NCC2CC2C)o1. The van der Waals surface area contributed by atoms with Crippen LogP contribution in [0.4, 0.5) is 0 Å². The van der Waals surface area contributed by atoms with Crippen molar-refractivity contribution in [1.82, 2.24) is 10.0 Å². The summed E-state index contributed by atoms with van der Waals surface area (Å²) in [6, 6.07) is 3.23. The highest BCUT2D eigenvalue weighted by Crippen LogP contribution is 2.37. The van der Waals surface area contributed by atoms with Crippen LogP contribution in [0.3, 0.4) is 0 Å². The Morgan fingerprint density at radius 1 is 1.40 bits per heavy atom. The zero-order valence-electron chi connectivity index (χ0n) is 12.3. The molecule has 5 nitrogen and oxygen atoms in total. The topological polar surface area (TPSA) is 71.3 Å². The van der Waals surface area contributed by atoms with Gasteiger partial charge >= 0.3 is 0 Å². The van der Waals surface area contributed by atoms with E-state index in [-0.39, 0.29) is 5.09 Å². The summed E-state index contributed by atoms with van der Waals surface area (Å²) in [6.45, 7) is 8.30. The Bertz CT molecular complexity index is 536. The summed E-state index contributed by atoms with van der Waals surface area (Å²) >= 11 is 0. The molecule has 0 amide bonds. The number of hydrogen-bond donors (Lipinski definition) is 2. The molecule has 1 saturated carbocycles. The van der Waals surface area contributed by atoms with E-state index in [0.29, 0.717) is 36.6 Å². The minimum Gasteiger partial charge on any atom is -0.447 e. The van der Waals surface area contributed by atoms with E-state index in [1.807, 2.05) is 0 Å². The monoisotopic (exact) mass is 300 g/mol. The summed E-state index contributed by atoms with van der Waals surface area (Å²) in [6.07, 6.45) is 1.10. The Hall–Kier alpha value is -0.850. The Morgan fingerprint density at radius 3 is 2.70 bits per heavy atom. The molecule has 1 heterocycles. The third kappa shape index (κ3) is 4.33. The van der Waals surface area contributed by atoms with Crippen LogP contribution in [-0.4, -0.2) is 21.5 Å². The Morgan fingerprint density at radius 2 is 2.10 bits per heavy atom. The van der Waals surface area contributed by atoms with Crippen molar-refractivity contribution < 1.29 is 12.8 Å². The Kier molecular flexibility index (Phi) is 4.88. The van der Waals surface area contributed by atoms with Gasteiger partial charge in [-0.1, -0.05) is 20.8 Å². The summed E-state index contributed by atoms with van der Waals surface area (Å²) in [5, 5.41) is 3.23. The molecule has 0 aromatic carbocycles. The minimum atomic E-state index is -3.50. The fourth-order valence-corrected chi connectivity index (χ4v) is 3.09. The second-order valence-corrected chi connectivity index (χ2v) is 7.77. The van der Waals surface area contributed by atoms with E-state index in [9.17, 15) is 8.42 Å². The van der Waals surface area contributed by atoms with Crippen molar-refractivity contribution in [2.45, 2.75) is 38.8 Å². The maximum atomic E-state index is 12.0. The summed E-state index contributed by atoms with van der Waals surface area (Å²) in [5.74, 6) is 2.30. The van der Waals surface area contributed by atoms with Crippen LogP contribution in [0, 0.1) is 17.8 Å². The lowest BCUT2D eigenvalue weighted by Gasteiger charge is -2.05. The number of rotatable bonds is 8. The Balaban J connectivity index is 1.86. The molecule has 0 bridgehead atoms. The summed E-state index contributed by atoms with van der Waals surface area (Å²) in [4.78, 5) is 0. The van der Waals surface area contributed by atoms with Gasteiger partial charge in [0.15, 0.2) is 0 Å². The second kappa shape index (κ2) is 6.28. The van der Waals surface area contributed by atoms with E-state index in [2.05, 4.69) is 30.8 Å². The van der Waals surface area contributed by atoms with Crippen molar-refractivity contribution in [3.8, 4) is 0 Å². The number of furan rings is 1. The van der Waals surface area contributed by atoms with Gasteiger partial charge in [0.2, 0.25) is 5.09 Å². The molecule has 2 N–H and O–H groups in total. The molecule has 6 heteroatoms. The average molecular weight is 300 g/mol. The van der Waals surface area contributed by atoms with E-state index in [0.717, 1.165) is 13.0 Å². The lowest BCUT2D eigenvalue weighted by Crippen LogP contribution is -2.25. The first-order valence-electron chi connectivity index (χ1n) is 7.17. The van der Waals surface area contributed by atoms with Gasteiger partial charge in [0.05, 0.1) is 6.54 Å². The minimum absolute atomic E-state index is 0.00662. The van der Waals surface area contributed by atoms with Gasteiger partial charge in [0, 0.05) is 6.54 Å². The van der Waals surface area contributed by atoms with E-state index in [1.165, 1.54) is 6.07 Å². The number of sulfonamides is 1. The van der Waals surface area contributed by atoms with Crippen molar-refractivity contribution in [3.63, 3.8) is 0 Å². The molecule has 1 aliphatic carbocycles. The molecule has 1 aromatic rings. The molecule has 1 aliphatic rings. The van der Waals surface area contributed by atoms with Gasteiger partial charge in [0.1, 0.15) is 5.76 Å². The fraction of sp³-hybridized carbons (Fsp3) is 0.714. The molecule has 20 heavy (non-hydrogen) atoms. The highest BCUT2D eigenvalue weighted by molar-refractivity contribution is 7.89. The Labute approximate surface area is 121 Å². The molecule has 0 radical (unpaired) electrons.